The molecule has 0 N–H and O–H groups in total. The minimum Gasteiger partial charge on any atom is -0.359 e. The van der Waals surface area contributed by atoms with Crippen molar-refractivity contribution < 1.29 is 17.7 Å². The highest BCUT2D eigenvalue weighted by molar-refractivity contribution is 6.16. The summed E-state index contributed by atoms with van der Waals surface area (Å²) in [5.74, 6) is 1.13. The number of alkyl halides is 4. The van der Waals surface area contributed by atoms with Crippen molar-refractivity contribution in [2.45, 2.75) is 18.6 Å². The largest absolute Gasteiger partial charge is 0.416 e. The van der Waals surface area contributed by atoms with Crippen molar-refractivity contribution >= 4 is 22.6 Å². The van der Waals surface area contributed by atoms with Crippen LogP contribution in [0.4, 0.5) is 13.2 Å². The van der Waals surface area contributed by atoms with Gasteiger partial charge in [0.05, 0.1) is 35.2 Å². The highest BCUT2D eigenvalue weighted by Crippen LogP contribution is 2.31. The van der Waals surface area contributed by atoms with E-state index in [9.17, 15) is 13.2 Å². The Labute approximate surface area is 122 Å². The molecule has 0 radical (unpaired) electrons. The lowest BCUT2D eigenvalue weighted by atomic mass is 10.2. The van der Waals surface area contributed by atoms with Crippen molar-refractivity contribution in [3.63, 3.8) is 0 Å². The molecular formula is C13H9ClF3N3O. The van der Waals surface area contributed by atoms with Crippen LogP contribution in [0.5, 0.6) is 0 Å². The number of rotatable bonds is 3. The van der Waals surface area contributed by atoms with Crippen LogP contribution in [0, 0.1) is 0 Å². The first-order valence-corrected chi connectivity index (χ1v) is 6.54. The van der Waals surface area contributed by atoms with Gasteiger partial charge in [0.1, 0.15) is 5.82 Å². The van der Waals surface area contributed by atoms with Gasteiger partial charge in [-0.25, -0.2) is 4.98 Å². The van der Waals surface area contributed by atoms with Crippen molar-refractivity contribution in [3.8, 4) is 0 Å². The summed E-state index contributed by atoms with van der Waals surface area (Å²) in [4.78, 5) is 4.15. The van der Waals surface area contributed by atoms with Gasteiger partial charge in [-0.1, -0.05) is 5.16 Å². The third kappa shape index (κ3) is 2.61. The Morgan fingerprint density at radius 2 is 2.05 bits per heavy atom. The molecule has 0 spiro atoms. The van der Waals surface area contributed by atoms with Gasteiger partial charge in [0.2, 0.25) is 0 Å². The highest BCUT2D eigenvalue weighted by atomic mass is 35.5. The van der Waals surface area contributed by atoms with Crippen LogP contribution in [0.25, 0.3) is 11.0 Å². The number of hydrogen-bond acceptors (Lipinski definition) is 3. The summed E-state index contributed by atoms with van der Waals surface area (Å²) in [7, 11) is 0. The molecule has 0 amide bonds. The van der Waals surface area contributed by atoms with E-state index in [0.717, 1.165) is 12.1 Å². The van der Waals surface area contributed by atoms with Crippen LogP contribution in [0.2, 0.25) is 0 Å². The Morgan fingerprint density at radius 1 is 1.24 bits per heavy atom. The molecule has 2 aromatic heterocycles. The topological polar surface area (TPSA) is 43.9 Å². The van der Waals surface area contributed by atoms with Gasteiger partial charge in [0.15, 0.2) is 5.76 Å². The summed E-state index contributed by atoms with van der Waals surface area (Å²) in [5.41, 5.74) is 0.0791. The van der Waals surface area contributed by atoms with Crippen molar-refractivity contribution in [2.75, 3.05) is 0 Å². The van der Waals surface area contributed by atoms with E-state index >= 15 is 0 Å². The number of fused-ring (bicyclic) bond motifs is 1. The van der Waals surface area contributed by atoms with Crippen LogP contribution in [0.1, 0.15) is 17.1 Å². The van der Waals surface area contributed by atoms with E-state index in [2.05, 4.69) is 10.1 Å². The third-order valence-corrected chi connectivity index (χ3v) is 3.32. The first kappa shape index (κ1) is 13.9. The molecule has 0 fully saturated rings. The van der Waals surface area contributed by atoms with E-state index in [4.69, 9.17) is 16.1 Å². The number of halogens is 4. The van der Waals surface area contributed by atoms with E-state index in [0.29, 0.717) is 23.6 Å². The maximum Gasteiger partial charge on any atom is 0.416 e. The predicted molar refractivity (Wildman–Crippen MR) is 69.9 cm³/mol. The Hall–Kier alpha value is -2.02. The Bertz CT molecular complexity index is 765. The van der Waals surface area contributed by atoms with Gasteiger partial charge in [-0.3, -0.25) is 0 Å². The maximum atomic E-state index is 12.7. The number of imidazole rings is 1. The predicted octanol–water partition coefficient (Wildman–Crippen LogP) is 3.83. The number of aromatic nitrogens is 3. The first-order valence-electron chi connectivity index (χ1n) is 6.01. The molecule has 3 aromatic rings. The van der Waals surface area contributed by atoms with Gasteiger partial charge in [-0.15, -0.1) is 11.6 Å². The molecule has 8 heteroatoms. The van der Waals surface area contributed by atoms with Crippen LogP contribution >= 0.6 is 11.6 Å². The van der Waals surface area contributed by atoms with Crippen LogP contribution in [-0.2, 0) is 18.6 Å². The lowest BCUT2D eigenvalue weighted by molar-refractivity contribution is -0.137. The van der Waals surface area contributed by atoms with E-state index in [1.165, 1.54) is 12.3 Å². The normalized spacial score (nSPS) is 12.2. The average Bonchev–Trinajstić information content (AvgIpc) is 3.05. The molecule has 0 atom stereocenters. The van der Waals surface area contributed by atoms with Gasteiger partial charge >= 0.3 is 6.18 Å². The molecule has 0 unspecified atom stereocenters. The number of hydrogen-bond donors (Lipinski definition) is 0. The molecule has 4 nitrogen and oxygen atoms in total. The van der Waals surface area contributed by atoms with Gasteiger partial charge < -0.3 is 9.09 Å². The monoisotopic (exact) mass is 315 g/mol. The highest BCUT2D eigenvalue weighted by Gasteiger charge is 2.31. The van der Waals surface area contributed by atoms with Crippen molar-refractivity contribution in [1.82, 2.24) is 14.7 Å². The molecule has 1 aromatic carbocycles. The molecule has 0 aliphatic rings. The van der Waals surface area contributed by atoms with E-state index in [1.807, 2.05) is 0 Å². The second-order valence-corrected chi connectivity index (χ2v) is 4.70. The summed E-state index contributed by atoms with van der Waals surface area (Å²) >= 11 is 5.82. The van der Waals surface area contributed by atoms with Crippen molar-refractivity contribution in [2.24, 2.45) is 0 Å². The molecule has 2 heterocycles. The minimum atomic E-state index is -4.40. The summed E-state index contributed by atoms with van der Waals surface area (Å²) < 4.78 is 44.9. The fraction of sp³-hybridized carbons (Fsp3) is 0.231. The number of nitrogens with zero attached hydrogens (tertiary/aromatic N) is 3. The second kappa shape index (κ2) is 5.07. The van der Waals surface area contributed by atoms with Gasteiger partial charge in [0.25, 0.3) is 0 Å². The SMILES string of the molecule is FC(F)(F)c1ccc2c(c1)nc(CCl)n2Cc1ccno1. The molecule has 3 rings (SSSR count). The average molecular weight is 316 g/mol. The van der Waals surface area contributed by atoms with Gasteiger partial charge in [-0.05, 0) is 18.2 Å². The molecule has 0 aliphatic carbocycles. The fourth-order valence-corrected chi connectivity index (χ4v) is 2.32. The summed E-state index contributed by atoms with van der Waals surface area (Å²) in [5, 5.41) is 3.59. The Morgan fingerprint density at radius 3 is 2.67 bits per heavy atom. The smallest absolute Gasteiger partial charge is 0.359 e. The summed E-state index contributed by atoms with van der Waals surface area (Å²) in [6.07, 6.45) is -2.90. The second-order valence-electron chi connectivity index (χ2n) is 4.43. The van der Waals surface area contributed by atoms with Crippen LogP contribution < -0.4 is 0 Å². The zero-order valence-electron chi connectivity index (χ0n) is 10.6. The van der Waals surface area contributed by atoms with Crippen molar-refractivity contribution in [1.29, 1.82) is 0 Å². The minimum absolute atomic E-state index is 0.0875. The zero-order chi connectivity index (χ0) is 15.0. The lowest BCUT2D eigenvalue weighted by Crippen LogP contribution is -2.05. The molecule has 21 heavy (non-hydrogen) atoms. The van der Waals surface area contributed by atoms with Crippen molar-refractivity contribution in [3.05, 3.63) is 47.6 Å². The zero-order valence-corrected chi connectivity index (χ0v) is 11.3. The molecule has 0 saturated carbocycles. The fourth-order valence-electron chi connectivity index (χ4n) is 2.11. The van der Waals surface area contributed by atoms with Crippen LogP contribution in [0.15, 0.2) is 35.0 Å². The standard InChI is InChI=1S/C13H9ClF3N3O/c14-6-12-19-10-5-8(13(15,16)17)1-2-11(10)20(12)7-9-3-4-18-21-9/h1-5H,6-7H2. The number of benzene rings is 1. The molecule has 0 aliphatic heterocycles. The third-order valence-electron chi connectivity index (χ3n) is 3.08. The van der Waals surface area contributed by atoms with Crippen LogP contribution in [-0.4, -0.2) is 14.7 Å². The Balaban J connectivity index is 2.10. The molecular weight excluding hydrogens is 307 g/mol. The molecule has 0 saturated heterocycles. The Kier molecular flexibility index (Phi) is 3.36. The molecule has 0 bridgehead atoms. The summed E-state index contributed by atoms with van der Waals surface area (Å²) in [6.45, 7) is 0.309. The van der Waals surface area contributed by atoms with Gasteiger partial charge in [-0.2, -0.15) is 13.2 Å². The first-order chi connectivity index (χ1) is 9.99. The lowest BCUT2D eigenvalue weighted by Gasteiger charge is -2.07. The molecule has 110 valence electrons. The van der Waals surface area contributed by atoms with Crippen LogP contribution in [0.3, 0.4) is 0 Å². The quantitative estimate of drug-likeness (QED) is 0.690. The van der Waals surface area contributed by atoms with E-state index in [1.54, 1.807) is 10.6 Å². The van der Waals surface area contributed by atoms with E-state index in [-0.39, 0.29) is 11.4 Å². The van der Waals surface area contributed by atoms with E-state index < -0.39 is 11.7 Å². The summed E-state index contributed by atoms with van der Waals surface area (Å²) in [6, 6.07) is 5.10. The maximum absolute atomic E-state index is 12.7. The van der Waals surface area contributed by atoms with Gasteiger partial charge in [0, 0.05) is 6.07 Å².